The molecule has 0 bridgehead atoms. The highest BCUT2D eigenvalue weighted by Gasteiger charge is 2.08. The van der Waals surface area contributed by atoms with Crippen molar-refractivity contribution in [2.75, 3.05) is 11.2 Å². The first-order valence-corrected chi connectivity index (χ1v) is 5.53. The maximum atomic E-state index is 13.2. The summed E-state index contributed by atoms with van der Waals surface area (Å²) in [5.41, 5.74) is 1.08. The first kappa shape index (κ1) is 11.7. The molecule has 1 heterocycles. The second-order valence-corrected chi connectivity index (χ2v) is 3.70. The van der Waals surface area contributed by atoms with Crippen molar-refractivity contribution in [3.05, 3.63) is 48.5 Å². The Morgan fingerprint density at radius 1 is 1.35 bits per heavy atom. The van der Waals surface area contributed by atoms with Crippen molar-refractivity contribution in [1.29, 1.82) is 0 Å². The van der Waals surface area contributed by atoms with Crippen LogP contribution >= 0.6 is 11.6 Å². The Kier molecular flexibility index (Phi) is 3.44. The summed E-state index contributed by atoms with van der Waals surface area (Å²) in [6.45, 7) is 0. The SMILES string of the molecule is O=C(CCl)Nc1ccc(F)cc1-n1cccc1. The van der Waals surface area contributed by atoms with Gasteiger partial charge in [0.25, 0.3) is 0 Å². The van der Waals surface area contributed by atoms with Gasteiger partial charge in [-0.25, -0.2) is 4.39 Å². The average molecular weight is 253 g/mol. The summed E-state index contributed by atoms with van der Waals surface area (Å²) in [7, 11) is 0. The van der Waals surface area contributed by atoms with Gasteiger partial charge in [-0.1, -0.05) is 0 Å². The Hall–Kier alpha value is -1.81. The minimum atomic E-state index is -0.363. The highest BCUT2D eigenvalue weighted by molar-refractivity contribution is 6.29. The molecular formula is C12H10ClFN2O. The molecule has 0 saturated carbocycles. The fraction of sp³-hybridized carbons (Fsp3) is 0.0833. The van der Waals surface area contributed by atoms with Gasteiger partial charge in [-0.15, -0.1) is 11.6 Å². The average Bonchev–Trinajstić information content (AvgIpc) is 2.84. The van der Waals surface area contributed by atoms with Crippen LogP contribution in [0.15, 0.2) is 42.7 Å². The van der Waals surface area contributed by atoms with Gasteiger partial charge in [0, 0.05) is 12.4 Å². The lowest BCUT2D eigenvalue weighted by Crippen LogP contribution is -2.14. The van der Waals surface area contributed by atoms with Crippen LogP contribution in [0.2, 0.25) is 0 Å². The normalized spacial score (nSPS) is 10.2. The summed E-state index contributed by atoms with van der Waals surface area (Å²) in [6.07, 6.45) is 3.54. The van der Waals surface area contributed by atoms with E-state index in [1.807, 2.05) is 12.1 Å². The molecule has 1 aromatic heterocycles. The van der Waals surface area contributed by atoms with Gasteiger partial charge in [0.2, 0.25) is 5.91 Å². The molecule has 0 radical (unpaired) electrons. The van der Waals surface area contributed by atoms with Gasteiger partial charge >= 0.3 is 0 Å². The number of benzene rings is 1. The van der Waals surface area contributed by atoms with E-state index in [1.165, 1.54) is 18.2 Å². The lowest BCUT2D eigenvalue weighted by Gasteiger charge is -2.11. The quantitative estimate of drug-likeness (QED) is 0.838. The number of amides is 1. The molecule has 1 aromatic carbocycles. The topological polar surface area (TPSA) is 34.0 Å². The van der Waals surface area contributed by atoms with Crippen LogP contribution in [0.25, 0.3) is 5.69 Å². The van der Waals surface area contributed by atoms with Crippen LogP contribution < -0.4 is 5.32 Å². The molecule has 2 rings (SSSR count). The lowest BCUT2D eigenvalue weighted by atomic mass is 10.2. The lowest BCUT2D eigenvalue weighted by molar-refractivity contribution is -0.113. The number of nitrogens with one attached hydrogen (secondary N) is 1. The zero-order chi connectivity index (χ0) is 12.3. The second kappa shape index (κ2) is 5.01. The number of carbonyl (C=O) groups excluding carboxylic acids is 1. The van der Waals surface area contributed by atoms with Gasteiger partial charge in [0.15, 0.2) is 0 Å². The zero-order valence-electron chi connectivity index (χ0n) is 8.86. The molecular weight excluding hydrogens is 243 g/mol. The molecule has 0 spiro atoms. The van der Waals surface area contributed by atoms with E-state index < -0.39 is 0 Å². The van der Waals surface area contributed by atoms with E-state index in [-0.39, 0.29) is 17.6 Å². The number of carbonyl (C=O) groups is 1. The van der Waals surface area contributed by atoms with Crippen molar-refractivity contribution in [3.63, 3.8) is 0 Å². The third-order valence-electron chi connectivity index (χ3n) is 2.24. The van der Waals surface area contributed by atoms with Crippen LogP contribution in [-0.4, -0.2) is 16.4 Å². The summed E-state index contributed by atoms with van der Waals surface area (Å²) >= 11 is 5.42. The highest BCUT2D eigenvalue weighted by atomic mass is 35.5. The molecule has 1 N–H and O–H groups in total. The Morgan fingerprint density at radius 3 is 2.71 bits per heavy atom. The third kappa shape index (κ3) is 2.65. The minimum absolute atomic E-state index is 0.136. The molecule has 88 valence electrons. The smallest absolute Gasteiger partial charge is 0.239 e. The molecule has 3 nitrogen and oxygen atoms in total. The number of nitrogens with zero attached hydrogens (tertiary/aromatic N) is 1. The number of rotatable bonds is 3. The maximum Gasteiger partial charge on any atom is 0.239 e. The van der Waals surface area contributed by atoms with Crippen LogP contribution in [0.3, 0.4) is 0 Å². The standard InChI is InChI=1S/C12H10ClFN2O/c13-8-12(17)15-10-4-3-9(14)7-11(10)16-5-1-2-6-16/h1-7H,8H2,(H,15,17). The molecule has 1 amide bonds. The number of hydrogen-bond acceptors (Lipinski definition) is 1. The Morgan fingerprint density at radius 2 is 2.06 bits per heavy atom. The summed E-state index contributed by atoms with van der Waals surface area (Å²) in [5.74, 6) is -0.827. The van der Waals surface area contributed by atoms with Crippen molar-refractivity contribution in [3.8, 4) is 5.69 Å². The fourth-order valence-corrected chi connectivity index (χ4v) is 1.57. The number of hydrogen-bond donors (Lipinski definition) is 1. The minimum Gasteiger partial charge on any atom is -0.323 e. The molecule has 0 aliphatic carbocycles. The van der Waals surface area contributed by atoms with E-state index in [4.69, 9.17) is 11.6 Å². The van der Waals surface area contributed by atoms with Gasteiger partial charge in [-0.05, 0) is 30.3 Å². The summed E-state index contributed by atoms with van der Waals surface area (Å²) in [4.78, 5) is 11.2. The van der Waals surface area contributed by atoms with Crippen molar-refractivity contribution in [2.24, 2.45) is 0 Å². The molecule has 2 aromatic rings. The van der Waals surface area contributed by atoms with Crippen LogP contribution in [-0.2, 0) is 4.79 Å². The Labute approximate surface area is 103 Å². The zero-order valence-corrected chi connectivity index (χ0v) is 9.62. The van der Waals surface area contributed by atoms with Crippen molar-refractivity contribution in [1.82, 2.24) is 4.57 Å². The largest absolute Gasteiger partial charge is 0.323 e. The molecule has 0 saturated heterocycles. The number of halogens is 2. The van der Waals surface area contributed by atoms with Crippen LogP contribution in [0.5, 0.6) is 0 Å². The van der Waals surface area contributed by atoms with Gasteiger partial charge in [-0.2, -0.15) is 0 Å². The molecule has 17 heavy (non-hydrogen) atoms. The maximum absolute atomic E-state index is 13.2. The Balaban J connectivity index is 2.41. The first-order chi connectivity index (χ1) is 8.20. The molecule has 0 aliphatic heterocycles. The molecule has 0 atom stereocenters. The molecule has 5 heteroatoms. The highest BCUT2D eigenvalue weighted by Crippen LogP contribution is 2.21. The molecule has 0 unspecified atom stereocenters. The predicted octanol–water partition coefficient (Wildman–Crippen LogP) is 2.79. The predicted molar refractivity (Wildman–Crippen MR) is 65.1 cm³/mol. The van der Waals surface area contributed by atoms with Crippen LogP contribution in [0, 0.1) is 5.82 Å². The van der Waals surface area contributed by atoms with E-state index >= 15 is 0 Å². The third-order valence-corrected chi connectivity index (χ3v) is 2.48. The Bertz CT molecular complexity index is 525. The first-order valence-electron chi connectivity index (χ1n) is 4.99. The number of alkyl halides is 1. The van der Waals surface area contributed by atoms with E-state index in [2.05, 4.69) is 5.32 Å². The van der Waals surface area contributed by atoms with Crippen molar-refractivity contribution in [2.45, 2.75) is 0 Å². The molecule has 0 fully saturated rings. The monoisotopic (exact) mass is 252 g/mol. The summed E-state index contributed by atoms with van der Waals surface area (Å²) in [6, 6.07) is 7.78. The van der Waals surface area contributed by atoms with Gasteiger partial charge < -0.3 is 9.88 Å². The van der Waals surface area contributed by atoms with Gasteiger partial charge in [0.05, 0.1) is 11.4 Å². The summed E-state index contributed by atoms with van der Waals surface area (Å²) < 4.78 is 14.9. The van der Waals surface area contributed by atoms with Crippen molar-refractivity contribution < 1.29 is 9.18 Å². The van der Waals surface area contributed by atoms with Crippen LogP contribution in [0.1, 0.15) is 0 Å². The second-order valence-electron chi connectivity index (χ2n) is 3.43. The van der Waals surface area contributed by atoms with E-state index in [1.54, 1.807) is 17.0 Å². The van der Waals surface area contributed by atoms with Gasteiger partial charge in [-0.3, -0.25) is 4.79 Å². The van der Waals surface area contributed by atoms with Crippen LogP contribution in [0.4, 0.5) is 10.1 Å². The fourth-order valence-electron chi connectivity index (χ4n) is 1.50. The van der Waals surface area contributed by atoms with Crippen molar-refractivity contribution >= 4 is 23.2 Å². The van der Waals surface area contributed by atoms with E-state index in [9.17, 15) is 9.18 Å². The van der Waals surface area contributed by atoms with E-state index in [0.717, 1.165) is 0 Å². The van der Waals surface area contributed by atoms with E-state index in [0.29, 0.717) is 11.4 Å². The van der Waals surface area contributed by atoms with Gasteiger partial charge in [0.1, 0.15) is 11.7 Å². The number of aromatic nitrogens is 1. The summed E-state index contributed by atoms with van der Waals surface area (Å²) in [5, 5.41) is 2.62. The molecule has 0 aliphatic rings. The number of anilines is 1.